The van der Waals surface area contributed by atoms with Crippen LogP contribution in [0.25, 0.3) is 0 Å². The summed E-state index contributed by atoms with van der Waals surface area (Å²) >= 11 is 0. The van der Waals surface area contributed by atoms with Gasteiger partial charge < -0.3 is 0 Å². The van der Waals surface area contributed by atoms with Crippen molar-refractivity contribution in [3.05, 3.63) is 35.4 Å². The molecular weight excluding hydrogens is 293 g/mol. The van der Waals surface area contributed by atoms with E-state index in [1.54, 1.807) is 0 Å². The van der Waals surface area contributed by atoms with Crippen LogP contribution < -0.4 is 11.3 Å². The van der Waals surface area contributed by atoms with Gasteiger partial charge in [0.05, 0.1) is 10.8 Å². The molecule has 0 aromatic heterocycles. The highest BCUT2D eigenvalue weighted by Crippen LogP contribution is 2.29. The molecule has 0 aliphatic heterocycles. The average molecular weight is 310 g/mol. The highest BCUT2D eigenvalue weighted by atomic mass is 32.2. The van der Waals surface area contributed by atoms with Gasteiger partial charge in [-0.1, -0.05) is 18.2 Å². The van der Waals surface area contributed by atoms with Crippen LogP contribution in [0.4, 0.5) is 13.2 Å². The first-order valence-corrected chi connectivity index (χ1v) is 7.82. The third-order valence-electron chi connectivity index (χ3n) is 3.17. The van der Waals surface area contributed by atoms with Crippen molar-refractivity contribution < 1.29 is 21.6 Å². The Morgan fingerprint density at radius 1 is 1.35 bits per heavy atom. The Kier molecular flexibility index (Phi) is 5.17. The molecule has 0 saturated carbocycles. The van der Waals surface area contributed by atoms with E-state index in [0.29, 0.717) is 5.56 Å². The topological polar surface area (TPSA) is 72.2 Å². The van der Waals surface area contributed by atoms with Crippen LogP contribution in [0, 0.1) is 0 Å². The Labute approximate surface area is 116 Å². The minimum Gasteiger partial charge on any atom is -0.271 e. The fraction of sp³-hybridized carbons (Fsp3) is 0.500. The van der Waals surface area contributed by atoms with Crippen LogP contribution in [0.3, 0.4) is 0 Å². The van der Waals surface area contributed by atoms with E-state index in [0.717, 1.165) is 18.4 Å². The van der Waals surface area contributed by atoms with Gasteiger partial charge >= 0.3 is 6.18 Å². The summed E-state index contributed by atoms with van der Waals surface area (Å²) in [5, 5.41) is -0.804. The summed E-state index contributed by atoms with van der Waals surface area (Å²) in [4.78, 5) is 0. The summed E-state index contributed by atoms with van der Waals surface area (Å²) in [6, 6.07) is 4.10. The molecule has 114 valence electrons. The number of benzene rings is 1. The smallest absolute Gasteiger partial charge is 0.271 e. The molecule has 1 rings (SSSR count). The summed E-state index contributed by atoms with van der Waals surface area (Å²) in [6.45, 7) is 1.47. The van der Waals surface area contributed by atoms with Gasteiger partial charge in [-0.25, -0.2) is 8.42 Å². The SMILES string of the molecule is CC(C(Cc1cccc(C(F)(F)F)c1)NN)S(C)(=O)=O. The molecule has 0 radical (unpaired) electrons. The van der Waals surface area contributed by atoms with Crippen molar-refractivity contribution in [3.63, 3.8) is 0 Å². The highest BCUT2D eigenvalue weighted by molar-refractivity contribution is 7.91. The van der Waals surface area contributed by atoms with E-state index >= 15 is 0 Å². The van der Waals surface area contributed by atoms with Gasteiger partial charge in [0.2, 0.25) is 0 Å². The van der Waals surface area contributed by atoms with Crippen LogP contribution in [0.1, 0.15) is 18.1 Å². The number of nitrogens with two attached hydrogens (primary N) is 1. The normalized spacial score (nSPS) is 15.9. The molecule has 0 amide bonds. The zero-order valence-corrected chi connectivity index (χ0v) is 11.9. The summed E-state index contributed by atoms with van der Waals surface area (Å²) in [5.41, 5.74) is 1.96. The van der Waals surface area contributed by atoms with E-state index in [9.17, 15) is 21.6 Å². The second-order valence-corrected chi connectivity index (χ2v) is 7.11. The number of sulfone groups is 1. The van der Waals surface area contributed by atoms with Crippen molar-refractivity contribution in [2.75, 3.05) is 6.26 Å². The number of alkyl halides is 3. The number of rotatable bonds is 5. The first kappa shape index (κ1) is 16.9. The van der Waals surface area contributed by atoms with Crippen LogP contribution >= 0.6 is 0 Å². The van der Waals surface area contributed by atoms with Crippen LogP contribution in [-0.2, 0) is 22.4 Å². The lowest BCUT2D eigenvalue weighted by Gasteiger charge is -2.22. The molecule has 0 heterocycles. The molecule has 0 aliphatic carbocycles. The van der Waals surface area contributed by atoms with Crippen molar-refractivity contribution in [1.29, 1.82) is 0 Å². The zero-order valence-electron chi connectivity index (χ0n) is 11.1. The number of nitrogens with one attached hydrogen (secondary N) is 1. The lowest BCUT2D eigenvalue weighted by Crippen LogP contribution is -2.47. The minimum atomic E-state index is -4.43. The van der Waals surface area contributed by atoms with E-state index in [1.165, 1.54) is 19.1 Å². The number of halogens is 3. The standard InChI is InChI=1S/C12H17F3N2O2S/c1-8(20(2,18)19)11(17-16)7-9-4-3-5-10(6-9)12(13,14)15/h3-6,8,11,17H,7,16H2,1-2H3. The molecule has 0 saturated heterocycles. The number of hydrazine groups is 1. The van der Waals surface area contributed by atoms with Crippen molar-refractivity contribution in [3.8, 4) is 0 Å². The Bertz CT molecular complexity index is 558. The third-order valence-corrected chi connectivity index (χ3v) is 4.85. The van der Waals surface area contributed by atoms with E-state index in [2.05, 4.69) is 5.43 Å². The quantitative estimate of drug-likeness (QED) is 0.639. The van der Waals surface area contributed by atoms with Gasteiger partial charge in [-0.05, 0) is 25.0 Å². The monoisotopic (exact) mass is 310 g/mol. The van der Waals surface area contributed by atoms with Crippen LogP contribution in [0.2, 0.25) is 0 Å². The second-order valence-electron chi connectivity index (χ2n) is 4.71. The third kappa shape index (κ3) is 4.46. The molecule has 0 fully saturated rings. The maximum absolute atomic E-state index is 12.6. The van der Waals surface area contributed by atoms with Gasteiger partial charge in [-0.2, -0.15) is 13.2 Å². The minimum absolute atomic E-state index is 0.0919. The predicted molar refractivity (Wildman–Crippen MR) is 70.6 cm³/mol. The first-order chi connectivity index (χ1) is 9.05. The molecule has 3 N–H and O–H groups in total. The van der Waals surface area contributed by atoms with Crippen molar-refractivity contribution >= 4 is 9.84 Å². The molecule has 1 aromatic rings. The summed E-state index contributed by atoms with van der Waals surface area (Å²) in [6.07, 6.45) is -3.27. The van der Waals surface area contributed by atoms with Gasteiger partial charge in [0.15, 0.2) is 9.84 Å². The molecule has 0 bridgehead atoms. The van der Waals surface area contributed by atoms with E-state index in [-0.39, 0.29) is 6.42 Å². The zero-order chi connectivity index (χ0) is 15.6. The van der Waals surface area contributed by atoms with Gasteiger partial charge in [0.1, 0.15) is 0 Å². The van der Waals surface area contributed by atoms with Crippen molar-refractivity contribution in [2.45, 2.75) is 30.8 Å². The summed E-state index contributed by atoms with van der Waals surface area (Å²) < 4.78 is 60.7. The molecule has 4 nitrogen and oxygen atoms in total. The molecule has 2 unspecified atom stereocenters. The molecule has 0 spiro atoms. The largest absolute Gasteiger partial charge is 0.416 e. The average Bonchev–Trinajstić information content (AvgIpc) is 2.33. The molecule has 0 aliphatic rings. The fourth-order valence-corrected chi connectivity index (χ4v) is 2.56. The Hall–Kier alpha value is -1.12. The lowest BCUT2D eigenvalue weighted by molar-refractivity contribution is -0.137. The molecule has 20 heavy (non-hydrogen) atoms. The Morgan fingerprint density at radius 3 is 2.40 bits per heavy atom. The second kappa shape index (κ2) is 6.11. The lowest BCUT2D eigenvalue weighted by atomic mass is 10.0. The van der Waals surface area contributed by atoms with Gasteiger partial charge in [-0.3, -0.25) is 11.3 Å². The molecule has 8 heteroatoms. The molecular formula is C12H17F3N2O2S. The van der Waals surface area contributed by atoms with Gasteiger partial charge in [0.25, 0.3) is 0 Å². The van der Waals surface area contributed by atoms with E-state index in [1.807, 2.05) is 0 Å². The molecule has 2 atom stereocenters. The van der Waals surface area contributed by atoms with Crippen molar-refractivity contribution in [2.24, 2.45) is 5.84 Å². The van der Waals surface area contributed by atoms with Gasteiger partial charge in [-0.15, -0.1) is 0 Å². The predicted octanol–water partition coefficient (Wildman–Crippen LogP) is 1.51. The van der Waals surface area contributed by atoms with Crippen LogP contribution in [0.5, 0.6) is 0 Å². The van der Waals surface area contributed by atoms with Crippen LogP contribution in [0.15, 0.2) is 24.3 Å². The maximum atomic E-state index is 12.6. The van der Waals surface area contributed by atoms with E-state index in [4.69, 9.17) is 5.84 Å². The summed E-state index contributed by atoms with van der Waals surface area (Å²) in [5.74, 6) is 5.31. The first-order valence-electron chi connectivity index (χ1n) is 5.87. The van der Waals surface area contributed by atoms with Crippen LogP contribution in [-0.4, -0.2) is 26.0 Å². The maximum Gasteiger partial charge on any atom is 0.416 e. The van der Waals surface area contributed by atoms with E-state index < -0.39 is 32.9 Å². The van der Waals surface area contributed by atoms with Gasteiger partial charge in [0, 0.05) is 12.3 Å². The number of hydrogen-bond acceptors (Lipinski definition) is 4. The van der Waals surface area contributed by atoms with Crippen molar-refractivity contribution in [1.82, 2.24) is 5.43 Å². The summed E-state index contributed by atoms with van der Waals surface area (Å²) in [7, 11) is -3.34. The number of hydrogen-bond donors (Lipinski definition) is 2. The molecule has 1 aromatic carbocycles. The Morgan fingerprint density at radius 2 is 1.95 bits per heavy atom. The Balaban J connectivity index is 2.97. The highest BCUT2D eigenvalue weighted by Gasteiger charge is 2.31. The fourth-order valence-electron chi connectivity index (χ4n) is 1.79.